The van der Waals surface area contributed by atoms with E-state index in [1.54, 1.807) is 0 Å². The van der Waals surface area contributed by atoms with Gasteiger partial charge in [-0.1, -0.05) is 6.42 Å². The van der Waals surface area contributed by atoms with E-state index in [0.29, 0.717) is 12.2 Å². The summed E-state index contributed by atoms with van der Waals surface area (Å²) in [7, 11) is 0. The van der Waals surface area contributed by atoms with Crippen LogP contribution < -0.4 is 0 Å². The summed E-state index contributed by atoms with van der Waals surface area (Å²) in [4.78, 5) is 11.4. The first kappa shape index (κ1) is 8.24. The first-order chi connectivity index (χ1) is 5.81. The number of hydrogen-bond acceptors (Lipinski definition) is 2. The number of rotatable bonds is 0. The van der Waals surface area contributed by atoms with Crippen molar-refractivity contribution in [3.63, 3.8) is 0 Å². The van der Waals surface area contributed by atoms with Crippen LogP contribution in [0.15, 0.2) is 0 Å². The number of ether oxygens (including phenoxy) is 1. The fourth-order valence-electron chi connectivity index (χ4n) is 2.40. The Morgan fingerprint density at radius 2 is 2.00 bits per heavy atom. The summed E-state index contributed by atoms with van der Waals surface area (Å²) in [6.45, 7) is 0.868. The molecule has 1 aliphatic heterocycles. The summed E-state index contributed by atoms with van der Waals surface area (Å²) in [5.74, 6) is 0.411. The van der Waals surface area contributed by atoms with Crippen LogP contribution in [0.1, 0.15) is 44.9 Å². The van der Waals surface area contributed by atoms with Crippen molar-refractivity contribution < 1.29 is 9.53 Å². The van der Waals surface area contributed by atoms with E-state index in [0.717, 1.165) is 38.7 Å². The quantitative estimate of drug-likeness (QED) is 0.553. The molecule has 2 rings (SSSR count). The van der Waals surface area contributed by atoms with Crippen molar-refractivity contribution in [2.45, 2.75) is 50.5 Å². The van der Waals surface area contributed by atoms with Gasteiger partial charge in [-0.2, -0.15) is 0 Å². The summed E-state index contributed by atoms with van der Waals surface area (Å²) in [5.41, 5.74) is -0.0203. The molecule has 0 aromatic rings. The van der Waals surface area contributed by atoms with Crippen LogP contribution in [0.3, 0.4) is 0 Å². The molecule has 0 N–H and O–H groups in total. The summed E-state index contributed by atoms with van der Waals surface area (Å²) < 4.78 is 5.71. The van der Waals surface area contributed by atoms with Crippen LogP contribution in [-0.2, 0) is 9.53 Å². The highest BCUT2D eigenvalue weighted by atomic mass is 16.5. The van der Waals surface area contributed by atoms with Crippen molar-refractivity contribution >= 4 is 5.78 Å². The molecule has 1 spiro atoms. The van der Waals surface area contributed by atoms with Gasteiger partial charge in [0.25, 0.3) is 0 Å². The Kier molecular flexibility index (Phi) is 2.18. The Balaban J connectivity index is 2.07. The minimum absolute atomic E-state index is 0.0203. The van der Waals surface area contributed by atoms with Gasteiger partial charge in [0.15, 0.2) is 0 Å². The molecule has 1 aliphatic carbocycles. The molecule has 0 aromatic heterocycles. The van der Waals surface area contributed by atoms with E-state index in [-0.39, 0.29) is 5.60 Å². The van der Waals surface area contributed by atoms with Gasteiger partial charge in [-0.3, -0.25) is 4.79 Å². The third-order valence-corrected chi connectivity index (χ3v) is 3.04. The summed E-state index contributed by atoms with van der Waals surface area (Å²) >= 11 is 0. The lowest BCUT2D eigenvalue weighted by Crippen LogP contribution is -2.29. The van der Waals surface area contributed by atoms with Crippen LogP contribution in [-0.4, -0.2) is 18.0 Å². The first-order valence-electron chi connectivity index (χ1n) is 4.96. The Bertz CT molecular complexity index is 180. The third kappa shape index (κ3) is 1.53. The normalized spacial score (nSPS) is 37.2. The molecule has 68 valence electrons. The van der Waals surface area contributed by atoms with Crippen molar-refractivity contribution in [3.8, 4) is 0 Å². The predicted octanol–water partition coefficient (Wildman–Crippen LogP) is 2.07. The van der Waals surface area contributed by atoms with Crippen LogP contribution in [0.2, 0.25) is 0 Å². The second-order valence-electron chi connectivity index (χ2n) is 4.06. The smallest absolute Gasteiger partial charge is 0.135 e. The largest absolute Gasteiger partial charge is 0.375 e. The van der Waals surface area contributed by atoms with E-state index in [2.05, 4.69) is 0 Å². The van der Waals surface area contributed by atoms with Crippen molar-refractivity contribution in [3.05, 3.63) is 0 Å². The van der Waals surface area contributed by atoms with Gasteiger partial charge in [-0.05, 0) is 25.7 Å². The zero-order chi connectivity index (χ0) is 8.44. The number of carbonyl (C=O) groups excluding carboxylic acids is 1. The highest BCUT2D eigenvalue weighted by Gasteiger charge is 2.37. The van der Waals surface area contributed by atoms with Crippen LogP contribution in [0.25, 0.3) is 0 Å². The topological polar surface area (TPSA) is 26.3 Å². The van der Waals surface area contributed by atoms with Crippen molar-refractivity contribution in [1.82, 2.24) is 0 Å². The van der Waals surface area contributed by atoms with Gasteiger partial charge in [0.1, 0.15) is 5.78 Å². The molecule has 1 saturated heterocycles. The average molecular weight is 168 g/mol. The highest BCUT2D eigenvalue weighted by molar-refractivity contribution is 5.79. The van der Waals surface area contributed by atoms with Gasteiger partial charge >= 0.3 is 0 Å². The van der Waals surface area contributed by atoms with Crippen LogP contribution in [0.5, 0.6) is 0 Å². The molecular formula is C10H16O2. The summed E-state index contributed by atoms with van der Waals surface area (Å²) in [6.07, 6.45) is 7.08. The fourth-order valence-corrected chi connectivity index (χ4v) is 2.40. The minimum atomic E-state index is -0.0203. The van der Waals surface area contributed by atoms with E-state index in [4.69, 9.17) is 4.74 Å². The molecule has 1 atom stereocenters. The molecule has 1 saturated carbocycles. The summed E-state index contributed by atoms with van der Waals surface area (Å²) in [5, 5.41) is 0. The molecule has 1 unspecified atom stereocenters. The van der Waals surface area contributed by atoms with Crippen LogP contribution in [0.4, 0.5) is 0 Å². The molecule has 0 amide bonds. The van der Waals surface area contributed by atoms with Gasteiger partial charge in [-0.15, -0.1) is 0 Å². The monoisotopic (exact) mass is 168 g/mol. The van der Waals surface area contributed by atoms with Crippen molar-refractivity contribution in [1.29, 1.82) is 0 Å². The van der Waals surface area contributed by atoms with Crippen molar-refractivity contribution in [2.75, 3.05) is 6.61 Å². The van der Waals surface area contributed by atoms with Gasteiger partial charge in [0.2, 0.25) is 0 Å². The van der Waals surface area contributed by atoms with Crippen molar-refractivity contribution in [2.24, 2.45) is 0 Å². The molecule has 12 heavy (non-hydrogen) atoms. The lowest BCUT2D eigenvalue weighted by molar-refractivity contribution is -0.123. The second kappa shape index (κ2) is 3.17. The zero-order valence-corrected chi connectivity index (χ0v) is 7.47. The maximum atomic E-state index is 11.4. The number of Topliss-reactive ketones (excluding diaryl/α,β-unsaturated/α-hetero) is 1. The average Bonchev–Trinajstić information content (AvgIpc) is 2.39. The lowest BCUT2D eigenvalue weighted by Gasteiger charge is -2.25. The minimum Gasteiger partial charge on any atom is -0.375 e. The first-order valence-corrected chi connectivity index (χ1v) is 4.96. The van der Waals surface area contributed by atoms with Gasteiger partial charge in [0, 0.05) is 19.4 Å². The standard InChI is InChI=1S/C10H16O2/c11-9-4-1-2-5-10(8-9)6-3-7-12-10/h1-8H2. The maximum Gasteiger partial charge on any atom is 0.135 e. The summed E-state index contributed by atoms with van der Waals surface area (Å²) in [6, 6.07) is 0. The van der Waals surface area contributed by atoms with Crippen LogP contribution in [0, 0.1) is 0 Å². The van der Waals surface area contributed by atoms with E-state index >= 15 is 0 Å². The SMILES string of the molecule is O=C1CCCCC2(CCCO2)C1. The molecular weight excluding hydrogens is 152 g/mol. The molecule has 2 fully saturated rings. The number of ketones is 1. The van der Waals surface area contributed by atoms with Crippen LogP contribution >= 0.6 is 0 Å². The van der Waals surface area contributed by atoms with Gasteiger partial charge in [-0.25, -0.2) is 0 Å². The molecule has 0 bridgehead atoms. The van der Waals surface area contributed by atoms with E-state index in [1.165, 1.54) is 6.42 Å². The Morgan fingerprint density at radius 3 is 2.75 bits per heavy atom. The lowest BCUT2D eigenvalue weighted by atomic mass is 9.91. The molecule has 2 nitrogen and oxygen atoms in total. The highest BCUT2D eigenvalue weighted by Crippen LogP contribution is 2.36. The number of carbonyl (C=O) groups is 1. The molecule has 1 heterocycles. The number of hydrogen-bond donors (Lipinski definition) is 0. The molecule has 0 radical (unpaired) electrons. The van der Waals surface area contributed by atoms with E-state index in [9.17, 15) is 4.79 Å². The Labute approximate surface area is 73.3 Å². The van der Waals surface area contributed by atoms with E-state index < -0.39 is 0 Å². The molecule has 2 aliphatic rings. The molecule has 2 heteroatoms. The van der Waals surface area contributed by atoms with E-state index in [1.807, 2.05) is 0 Å². The molecule has 0 aromatic carbocycles. The maximum absolute atomic E-state index is 11.4. The predicted molar refractivity (Wildman–Crippen MR) is 46.0 cm³/mol. The van der Waals surface area contributed by atoms with Gasteiger partial charge in [0.05, 0.1) is 5.60 Å². The fraction of sp³-hybridized carbons (Fsp3) is 0.900. The zero-order valence-electron chi connectivity index (χ0n) is 7.47. The Hall–Kier alpha value is -0.370. The second-order valence-corrected chi connectivity index (χ2v) is 4.06. The van der Waals surface area contributed by atoms with Gasteiger partial charge < -0.3 is 4.74 Å². The third-order valence-electron chi connectivity index (χ3n) is 3.04. The Morgan fingerprint density at radius 1 is 1.17 bits per heavy atom.